The van der Waals surface area contributed by atoms with Gasteiger partial charge in [0.1, 0.15) is 13.2 Å². The molecule has 6 nitrogen and oxygen atoms in total. The van der Waals surface area contributed by atoms with E-state index in [1.54, 1.807) is 0 Å². The predicted molar refractivity (Wildman–Crippen MR) is 238 cm³/mol. The number of carbonyl (C=O) groups excluding carboxylic acids is 3. The molecular formula is C50H96O6. The van der Waals surface area contributed by atoms with E-state index in [9.17, 15) is 14.4 Å². The van der Waals surface area contributed by atoms with E-state index in [0.29, 0.717) is 19.3 Å². The summed E-state index contributed by atoms with van der Waals surface area (Å²) in [5, 5.41) is 0. The standard InChI is InChI=1S/C50H96O6/c1-44(2)36-30-24-18-12-8-7-9-14-21-27-33-39-48(51)54-42-47(43-55-49(52)40-34-28-22-17-16-20-26-32-38-46(5)6)56-50(53)41-35-29-23-15-11-10-13-19-25-31-37-45(3)4/h44-47H,7-43H2,1-6H3/t47-/m0/s1. The Balaban J connectivity index is 4.33. The Hall–Kier alpha value is -1.59. The SMILES string of the molecule is CC(C)CCCCCCCCCCCCCC(=O)OC[C@@H](COC(=O)CCCCCCCCCCC(C)C)OC(=O)CCCCCCCCCCCCC(C)C. The average molecular weight is 793 g/mol. The van der Waals surface area contributed by atoms with Crippen LogP contribution in [0.4, 0.5) is 0 Å². The number of unbranched alkanes of at least 4 members (excludes halogenated alkanes) is 26. The van der Waals surface area contributed by atoms with E-state index in [1.807, 2.05) is 0 Å². The van der Waals surface area contributed by atoms with Crippen LogP contribution in [0, 0.1) is 17.8 Å². The van der Waals surface area contributed by atoms with Gasteiger partial charge in [0, 0.05) is 19.3 Å². The Labute approximate surface area is 348 Å². The van der Waals surface area contributed by atoms with Gasteiger partial charge in [-0.15, -0.1) is 0 Å². The molecule has 0 bridgehead atoms. The number of rotatable bonds is 43. The summed E-state index contributed by atoms with van der Waals surface area (Å²) in [5.74, 6) is 1.58. The summed E-state index contributed by atoms with van der Waals surface area (Å²) < 4.78 is 16.8. The van der Waals surface area contributed by atoms with E-state index < -0.39 is 6.10 Å². The first-order valence-corrected chi connectivity index (χ1v) is 24.6. The lowest BCUT2D eigenvalue weighted by Crippen LogP contribution is -2.30. The fraction of sp³-hybridized carbons (Fsp3) is 0.940. The van der Waals surface area contributed by atoms with Crippen molar-refractivity contribution in [1.29, 1.82) is 0 Å². The molecule has 6 heteroatoms. The molecule has 0 aliphatic heterocycles. The van der Waals surface area contributed by atoms with Crippen LogP contribution in [-0.4, -0.2) is 37.2 Å². The first-order chi connectivity index (χ1) is 27.1. The van der Waals surface area contributed by atoms with Crippen molar-refractivity contribution in [3.8, 4) is 0 Å². The third kappa shape index (κ3) is 43.5. The van der Waals surface area contributed by atoms with Crippen molar-refractivity contribution < 1.29 is 28.6 Å². The number of esters is 3. The zero-order valence-electron chi connectivity index (χ0n) is 38.4. The molecule has 0 heterocycles. The third-order valence-electron chi connectivity index (χ3n) is 11.1. The van der Waals surface area contributed by atoms with E-state index in [1.165, 1.54) is 148 Å². The van der Waals surface area contributed by atoms with Gasteiger partial charge in [-0.05, 0) is 37.0 Å². The highest BCUT2D eigenvalue weighted by Crippen LogP contribution is 2.17. The van der Waals surface area contributed by atoms with Crippen molar-refractivity contribution in [2.75, 3.05) is 13.2 Å². The highest BCUT2D eigenvalue weighted by Gasteiger charge is 2.19. The first kappa shape index (κ1) is 54.4. The van der Waals surface area contributed by atoms with Crippen LogP contribution >= 0.6 is 0 Å². The summed E-state index contributed by atoms with van der Waals surface area (Å²) >= 11 is 0. The van der Waals surface area contributed by atoms with Crippen molar-refractivity contribution >= 4 is 17.9 Å². The largest absolute Gasteiger partial charge is 0.462 e. The Kier molecular flexibility index (Phi) is 40.4. The summed E-state index contributed by atoms with van der Waals surface area (Å²) in [6, 6.07) is 0. The number of hydrogen-bond acceptors (Lipinski definition) is 6. The lowest BCUT2D eigenvalue weighted by atomic mass is 10.0. The molecule has 0 aliphatic rings. The molecule has 0 aliphatic carbocycles. The number of hydrogen-bond donors (Lipinski definition) is 0. The summed E-state index contributed by atoms with van der Waals surface area (Å²) in [5.41, 5.74) is 0. The maximum Gasteiger partial charge on any atom is 0.306 e. The van der Waals surface area contributed by atoms with Crippen LogP contribution in [0.15, 0.2) is 0 Å². The van der Waals surface area contributed by atoms with Crippen molar-refractivity contribution in [2.45, 2.75) is 272 Å². The van der Waals surface area contributed by atoms with Crippen molar-refractivity contribution in [3.05, 3.63) is 0 Å². The molecule has 0 amide bonds. The monoisotopic (exact) mass is 793 g/mol. The Morgan fingerprint density at radius 1 is 0.304 bits per heavy atom. The molecule has 0 fully saturated rings. The lowest BCUT2D eigenvalue weighted by molar-refractivity contribution is -0.167. The van der Waals surface area contributed by atoms with Gasteiger partial charge in [-0.25, -0.2) is 0 Å². The molecule has 0 rings (SSSR count). The van der Waals surface area contributed by atoms with Gasteiger partial charge < -0.3 is 14.2 Å². The second-order valence-electron chi connectivity index (χ2n) is 18.5. The molecule has 0 unspecified atom stereocenters. The minimum Gasteiger partial charge on any atom is -0.462 e. The molecule has 0 N–H and O–H groups in total. The lowest BCUT2D eigenvalue weighted by Gasteiger charge is -2.18. The van der Waals surface area contributed by atoms with Gasteiger partial charge in [-0.3, -0.25) is 14.4 Å². The maximum absolute atomic E-state index is 12.7. The highest BCUT2D eigenvalue weighted by molar-refractivity contribution is 5.71. The van der Waals surface area contributed by atoms with E-state index in [4.69, 9.17) is 14.2 Å². The van der Waals surface area contributed by atoms with E-state index in [-0.39, 0.29) is 31.1 Å². The molecule has 0 aromatic rings. The Morgan fingerprint density at radius 3 is 0.768 bits per heavy atom. The Morgan fingerprint density at radius 2 is 0.518 bits per heavy atom. The van der Waals surface area contributed by atoms with Gasteiger partial charge >= 0.3 is 17.9 Å². The minimum atomic E-state index is -0.762. The van der Waals surface area contributed by atoms with Crippen LogP contribution in [0.2, 0.25) is 0 Å². The normalized spacial score (nSPS) is 12.2. The van der Waals surface area contributed by atoms with Gasteiger partial charge in [0.15, 0.2) is 6.10 Å². The molecule has 0 radical (unpaired) electrons. The van der Waals surface area contributed by atoms with Gasteiger partial charge in [0.2, 0.25) is 0 Å². The quantitative estimate of drug-likeness (QED) is 0.0348. The molecule has 0 spiro atoms. The Bertz CT molecular complexity index is 868. The fourth-order valence-electron chi connectivity index (χ4n) is 7.41. The van der Waals surface area contributed by atoms with Gasteiger partial charge in [0.05, 0.1) is 0 Å². The fourth-order valence-corrected chi connectivity index (χ4v) is 7.41. The van der Waals surface area contributed by atoms with Crippen LogP contribution in [-0.2, 0) is 28.6 Å². The first-order valence-electron chi connectivity index (χ1n) is 24.6. The van der Waals surface area contributed by atoms with Crippen LogP contribution in [0.3, 0.4) is 0 Å². The van der Waals surface area contributed by atoms with Crippen LogP contribution in [0.5, 0.6) is 0 Å². The highest BCUT2D eigenvalue weighted by atomic mass is 16.6. The third-order valence-corrected chi connectivity index (χ3v) is 11.1. The van der Waals surface area contributed by atoms with Gasteiger partial charge in [0.25, 0.3) is 0 Å². The second kappa shape index (κ2) is 41.6. The molecule has 0 aromatic carbocycles. The number of ether oxygens (including phenoxy) is 3. The van der Waals surface area contributed by atoms with Crippen LogP contribution in [0.25, 0.3) is 0 Å². The van der Waals surface area contributed by atoms with Crippen molar-refractivity contribution in [2.24, 2.45) is 17.8 Å². The summed E-state index contributed by atoms with van der Waals surface area (Å²) in [6.07, 6.45) is 39.5. The molecular weight excluding hydrogens is 697 g/mol. The van der Waals surface area contributed by atoms with Crippen LogP contribution in [0.1, 0.15) is 266 Å². The van der Waals surface area contributed by atoms with Gasteiger partial charge in [-0.2, -0.15) is 0 Å². The predicted octanol–water partition coefficient (Wildman–Crippen LogP) is 15.6. The van der Waals surface area contributed by atoms with E-state index >= 15 is 0 Å². The zero-order valence-corrected chi connectivity index (χ0v) is 38.4. The molecule has 0 aromatic heterocycles. The smallest absolute Gasteiger partial charge is 0.306 e. The maximum atomic E-state index is 12.7. The topological polar surface area (TPSA) is 78.9 Å². The molecule has 56 heavy (non-hydrogen) atoms. The van der Waals surface area contributed by atoms with Gasteiger partial charge in [-0.1, -0.05) is 228 Å². The molecule has 332 valence electrons. The average Bonchev–Trinajstić information content (AvgIpc) is 3.15. The summed E-state index contributed by atoms with van der Waals surface area (Å²) in [7, 11) is 0. The molecule has 1 atom stereocenters. The van der Waals surface area contributed by atoms with Crippen molar-refractivity contribution in [3.63, 3.8) is 0 Å². The van der Waals surface area contributed by atoms with E-state index in [2.05, 4.69) is 41.5 Å². The van der Waals surface area contributed by atoms with Crippen molar-refractivity contribution in [1.82, 2.24) is 0 Å². The van der Waals surface area contributed by atoms with Crippen LogP contribution < -0.4 is 0 Å². The molecule has 0 saturated carbocycles. The minimum absolute atomic E-state index is 0.0655. The van der Waals surface area contributed by atoms with E-state index in [0.717, 1.165) is 75.5 Å². The summed E-state index contributed by atoms with van der Waals surface area (Å²) in [6.45, 7) is 13.7. The summed E-state index contributed by atoms with van der Waals surface area (Å²) in [4.78, 5) is 37.8. The molecule has 0 saturated heterocycles. The second-order valence-corrected chi connectivity index (χ2v) is 18.5. The number of carbonyl (C=O) groups is 3. The zero-order chi connectivity index (χ0) is 41.3.